The second-order valence-corrected chi connectivity index (χ2v) is 4.15. The fourth-order valence-corrected chi connectivity index (χ4v) is 1.27. The van der Waals surface area contributed by atoms with Crippen molar-refractivity contribution in [1.82, 2.24) is 10.6 Å². The van der Waals surface area contributed by atoms with Crippen LogP contribution in [-0.4, -0.2) is 89.3 Å². The van der Waals surface area contributed by atoms with E-state index in [1.54, 1.807) is 0 Å². The third-order valence-electron chi connectivity index (χ3n) is 2.25. The Balaban J connectivity index is 3.19. The van der Waals surface area contributed by atoms with Crippen molar-refractivity contribution in [3.8, 4) is 0 Å². The molecule has 10 heteroatoms. The van der Waals surface area contributed by atoms with Crippen molar-refractivity contribution in [3.63, 3.8) is 0 Å². The first-order chi connectivity index (χ1) is 11.2. The van der Waals surface area contributed by atoms with E-state index in [2.05, 4.69) is 10.6 Å². The summed E-state index contributed by atoms with van der Waals surface area (Å²) in [5.74, 6) is -1.29. The highest BCUT2D eigenvalue weighted by Gasteiger charge is 2.01. The van der Waals surface area contributed by atoms with Crippen molar-refractivity contribution < 1.29 is 38.4 Å². The molecule has 10 nitrogen and oxygen atoms in total. The van der Waals surface area contributed by atoms with Crippen LogP contribution in [0, 0.1) is 0 Å². The van der Waals surface area contributed by atoms with Crippen molar-refractivity contribution in [2.45, 2.75) is 0 Å². The zero-order valence-corrected chi connectivity index (χ0v) is 13.0. The van der Waals surface area contributed by atoms with Crippen LogP contribution in [0.2, 0.25) is 0 Å². The first kappa shape index (κ1) is 21.2. The van der Waals surface area contributed by atoms with Crippen molar-refractivity contribution in [2.24, 2.45) is 0 Å². The first-order valence-electron chi connectivity index (χ1n) is 7.13. The Hall–Kier alpha value is -1.75. The van der Waals surface area contributed by atoms with Gasteiger partial charge in [0.05, 0.1) is 39.6 Å². The maximum Gasteiger partial charge on any atom is 0.329 e. The number of carbonyl (C=O) groups excluding carboxylic acids is 2. The van der Waals surface area contributed by atoms with E-state index in [0.29, 0.717) is 39.3 Å². The van der Waals surface area contributed by atoms with E-state index in [0.717, 1.165) is 0 Å². The lowest BCUT2D eigenvalue weighted by molar-refractivity contribution is -0.142. The fourth-order valence-electron chi connectivity index (χ4n) is 1.27. The lowest BCUT2D eigenvalue weighted by Crippen LogP contribution is -2.31. The number of rotatable bonds is 17. The summed E-state index contributed by atoms with van der Waals surface area (Å²) in [4.78, 5) is 31.4. The van der Waals surface area contributed by atoms with Gasteiger partial charge in [0.1, 0.15) is 13.2 Å². The minimum atomic E-state index is -1.03. The number of aliphatic carboxylic acids is 1. The summed E-state index contributed by atoms with van der Waals surface area (Å²) in [5.41, 5.74) is 0. The Morgan fingerprint density at radius 2 is 1.39 bits per heavy atom. The van der Waals surface area contributed by atoms with Crippen LogP contribution in [0.4, 0.5) is 0 Å². The summed E-state index contributed by atoms with van der Waals surface area (Å²) >= 11 is 0. The molecule has 0 aromatic rings. The molecule has 0 unspecified atom stereocenters. The average molecular weight is 336 g/mol. The largest absolute Gasteiger partial charge is 0.480 e. The monoisotopic (exact) mass is 336 g/mol. The van der Waals surface area contributed by atoms with Gasteiger partial charge in [-0.2, -0.15) is 0 Å². The van der Waals surface area contributed by atoms with Gasteiger partial charge in [0.15, 0.2) is 0 Å². The van der Waals surface area contributed by atoms with E-state index in [4.69, 9.17) is 24.1 Å². The number of carbonyl (C=O) groups is 3. The second-order valence-electron chi connectivity index (χ2n) is 4.15. The number of hydrogen-bond acceptors (Lipinski definition) is 7. The summed E-state index contributed by atoms with van der Waals surface area (Å²) < 4.78 is 20.1. The molecule has 0 saturated carbocycles. The summed E-state index contributed by atoms with van der Waals surface area (Å²) in [5, 5.41) is 13.4. The highest BCUT2D eigenvalue weighted by atomic mass is 16.5. The molecular formula is C13H24N2O8. The third kappa shape index (κ3) is 18.2. The molecule has 0 atom stereocenters. The Morgan fingerprint density at radius 1 is 0.826 bits per heavy atom. The highest BCUT2D eigenvalue weighted by molar-refractivity contribution is 5.77. The molecule has 0 fully saturated rings. The van der Waals surface area contributed by atoms with Crippen LogP contribution in [0.25, 0.3) is 0 Å². The molecule has 0 aliphatic carbocycles. The van der Waals surface area contributed by atoms with E-state index < -0.39 is 5.97 Å². The third-order valence-corrected chi connectivity index (χ3v) is 2.25. The van der Waals surface area contributed by atoms with E-state index in [9.17, 15) is 14.4 Å². The molecule has 0 heterocycles. The number of hydrogen-bond donors (Lipinski definition) is 3. The van der Waals surface area contributed by atoms with E-state index in [-0.39, 0.29) is 38.9 Å². The zero-order valence-electron chi connectivity index (χ0n) is 13.0. The summed E-state index contributed by atoms with van der Waals surface area (Å²) in [7, 11) is 0. The molecule has 0 aliphatic heterocycles. The standard InChI is InChI=1S/C13H24N2O8/c16-11-14-1-3-20-5-7-22-9-12(17)15-2-4-21-6-8-23-10-13(18)19/h11H,1-10H2,(H,14,16)(H,15,17)(H,18,19). The Morgan fingerprint density at radius 3 is 2.00 bits per heavy atom. The average Bonchev–Trinajstić information content (AvgIpc) is 2.52. The van der Waals surface area contributed by atoms with Crippen LogP contribution < -0.4 is 10.6 Å². The molecular weight excluding hydrogens is 312 g/mol. The molecule has 0 radical (unpaired) electrons. The van der Waals surface area contributed by atoms with E-state index in [1.807, 2.05) is 0 Å². The predicted molar refractivity (Wildman–Crippen MR) is 78.0 cm³/mol. The van der Waals surface area contributed by atoms with E-state index in [1.165, 1.54) is 0 Å². The van der Waals surface area contributed by atoms with Gasteiger partial charge in [0, 0.05) is 13.1 Å². The number of ether oxygens (including phenoxy) is 4. The maximum atomic E-state index is 11.4. The van der Waals surface area contributed by atoms with Crippen molar-refractivity contribution in [3.05, 3.63) is 0 Å². The summed E-state index contributed by atoms with van der Waals surface area (Å²) in [6.45, 7) is 2.10. The lowest BCUT2D eigenvalue weighted by Gasteiger charge is -2.07. The number of carboxylic acids is 1. The summed E-state index contributed by atoms with van der Waals surface area (Å²) in [6.07, 6.45) is 0.594. The van der Waals surface area contributed by atoms with E-state index >= 15 is 0 Å². The van der Waals surface area contributed by atoms with Crippen LogP contribution in [0.5, 0.6) is 0 Å². The minimum Gasteiger partial charge on any atom is -0.480 e. The molecule has 134 valence electrons. The number of carboxylic acid groups (broad SMARTS) is 1. The van der Waals surface area contributed by atoms with Gasteiger partial charge >= 0.3 is 5.97 Å². The molecule has 0 rings (SSSR count). The highest BCUT2D eigenvalue weighted by Crippen LogP contribution is 1.81. The van der Waals surface area contributed by atoms with Gasteiger partial charge in [-0.3, -0.25) is 9.59 Å². The number of amides is 2. The van der Waals surface area contributed by atoms with Crippen LogP contribution >= 0.6 is 0 Å². The Labute approximate surface area is 134 Å². The Bertz CT molecular complexity index is 327. The van der Waals surface area contributed by atoms with Crippen LogP contribution in [0.15, 0.2) is 0 Å². The minimum absolute atomic E-state index is 0.0718. The fraction of sp³-hybridized carbons (Fsp3) is 0.769. The molecule has 2 amide bonds. The molecule has 3 N–H and O–H groups in total. The molecule has 0 spiro atoms. The molecule has 23 heavy (non-hydrogen) atoms. The zero-order chi connectivity index (χ0) is 17.2. The SMILES string of the molecule is O=CNCCOCCOCC(=O)NCCOCCOCC(=O)O. The second kappa shape index (κ2) is 16.6. The normalized spacial score (nSPS) is 10.3. The van der Waals surface area contributed by atoms with Gasteiger partial charge in [-0.15, -0.1) is 0 Å². The molecule has 0 aromatic carbocycles. The van der Waals surface area contributed by atoms with Gasteiger partial charge in [0.2, 0.25) is 12.3 Å². The molecule has 0 aromatic heterocycles. The van der Waals surface area contributed by atoms with Crippen LogP contribution in [0.3, 0.4) is 0 Å². The molecule has 0 aliphatic rings. The van der Waals surface area contributed by atoms with Gasteiger partial charge in [0.25, 0.3) is 0 Å². The molecule has 0 bridgehead atoms. The predicted octanol–water partition coefficient (Wildman–Crippen LogP) is -2.00. The maximum absolute atomic E-state index is 11.4. The van der Waals surface area contributed by atoms with Crippen LogP contribution in [0.1, 0.15) is 0 Å². The van der Waals surface area contributed by atoms with Crippen LogP contribution in [-0.2, 0) is 33.3 Å². The van der Waals surface area contributed by atoms with Gasteiger partial charge < -0.3 is 34.7 Å². The lowest BCUT2D eigenvalue weighted by atomic mass is 10.6. The smallest absolute Gasteiger partial charge is 0.329 e. The summed E-state index contributed by atoms with van der Waals surface area (Å²) in [6, 6.07) is 0. The molecule has 0 saturated heterocycles. The topological polar surface area (TPSA) is 132 Å². The number of nitrogens with one attached hydrogen (secondary N) is 2. The van der Waals surface area contributed by atoms with Gasteiger partial charge in [-0.05, 0) is 0 Å². The first-order valence-corrected chi connectivity index (χ1v) is 7.13. The van der Waals surface area contributed by atoms with Crippen molar-refractivity contribution in [1.29, 1.82) is 0 Å². The van der Waals surface area contributed by atoms with Crippen molar-refractivity contribution in [2.75, 3.05) is 65.9 Å². The quantitative estimate of drug-likeness (QED) is 0.205. The van der Waals surface area contributed by atoms with Gasteiger partial charge in [-0.1, -0.05) is 0 Å². The van der Waals surface area contributed by atoms with Crippen molar-refractivity contribution >= 4 is 18.3 Å². The Kier molecular flexibility index (Phi) is 15.4. The van der Waals surface area contributed by atoms with Gasteiger partial charge in [-0.25, -0.2) is 4.79 Å².